The Morgan fingerprint density at radius 1 is 0.857 bits per heavy atom. The number of alkyl halides is 11. The first-order chi connectivity index (χ1) is 12.1. The largest absolute Gasteiger partial charge is 0.438 e. The average molecular weight is 465 g/mol. The summed E-state index contributed by atoms with van der Waals surface area (Å²) >= 11 is 0. The van der Waals surface area contributed by atoms with Crippen LogP contribution in [0.4, 0.5) is 48.3 Å². The molecule has 0 aliphatic rings. The second-order valence-electron chi connectivity index (χ2n) is 5.45. The normalized spacial score (nSPS) is 15.7. The fourth-order valence-electron chi connectivity index (χ4n) is 1.51. The number of halogens is 11. The van der Waals surface area contributed by atoms with Crippen molar-refractivity contribution < 1.29 is 61.3 Å². The lowest BCUT2D eigenvalue weighted by Gasteiger charge is -2.39. The molecule has 0 aromatic rings. The highest BCUT2D eigenvalue weighted by atomic mass is 32.2. The molecule has 0 bridgehead atoms. The predicted molar refractivity (Wildman–Crippen MR) is 75.7 cm³/mol. The van der Waals surface area contributed by atoms with Gasteiger partial charge in [-0.2, -0.15) is 52.3 Å². The summed E-state index contributed by atoms with van der Waals surface area (Å²) < 4.78 is 172. The highest BCUT2D eigenvalue weighted by Crippen LogP contribution is 2.59. The van der Waals surface area contributed by atoms with Gasteiger partial charge in [-0.15, -0.1) is 0 Å². The molecule has 0 amide bonds. The Hall–Kier alpha value is -0.900. The van der Waals surface area contributed by atoms with Crippen LogP contribution in [0.15, 0.2) is 0 Å². The van der Waals surface area contributed by atoms with Gasteiger partial charge in [-0.25, -0.2) is 4.39 Å². The summed E-state index contributed by atoms with van der Waals surface area (Å²) in [6.07, 6.45) is -6.26. The van der Waals surface area contributed by atoms with Gasteiger partial charge in [0.2, 0.25) is 0 Å². The summed E-state index contributed by atoms with van der Waals surface area (Å²) in [5, 5.41) is -4.52. The maximum atomic E-state index is 13.2. The molecule has 1 atom stereocenters. The highest BCUT2D eigenvalue weighted by molar-refractivity contribution is 7.87. The van der Waals surface area contributed by atoms with Gasteiger partial charge in [-0.3, -0.25) is 4.55 Å². The third kappa shape index (κ3) is 4.98. The van der Waals surface area contributed by atoms with Crippen LogP contribution in [-0.4, -0.2) is 62.2 Å². The summed E-state index contributed by atoms with van der Waals surface area (Å²) in [5.41, 5.74) is 0. The van der Waals surface area contributed by atoms with E-state index in [4.69, 9.17) is 4.55 Å². The Morgan fingerprint density at radius 2 is 1.21 bits per heavy atom. The van der Waals surface area contributed by atoms with Crippen LogP contribution in [0.3, 0.4) is 0 Å². The van der Waals surface area contributed by atoms with Gasteiger partial charge >= 0.3 is 39.1 Å². The molecule has 0 saturated heterocycles. The molecule has 0 saturated carbocycles. The summed E-state index contributed by atoms with van der Waals surface area (Å²) in [5.74, 6) is -29.4. The Kier molecular flexibility index (Phi) is 9.71. The van der Waals surface area contributed by atoms with E-state index in [9.17, 15) is 56.7 Å². The number of hydrogen-bond donors (Lipinski definition) is 2. The van der Waals surface area contributed by atoms with Crippen molar-refractivity contribution in [3.63, 3.8) is 0 Å². The molecular formula is C12H18F11NO3S. The van der Waals surface area contributed by atoms with Gasteiger partial charge in [0, 0.05) is 0 Å². The number of rotatable bonds is 9. The predicted octanol–water partition coefficient (Wildman–Crippen LogP) is 4.37. The van der Waals surface area contributed by atoms with Crippen molar-refractivity contribution >= 4 is 10.1 Å². The molecule has 0 aliphatic heterocycles. The second-order valence-corrected chi connectivity index (χ2v) is 6.91. The van der Waals surface area contributed by atoms with E-state index in [1.54, 1.807) is 0 Å². The van der Waals surface area contributed by atoms with Crippen LogP contribution in [0.2, 0.25) is 0 Å². The van der Waals surface area contributed by atoms with E-state index in [0.29, 0.717) is 0 Å². The minimum absolute atomic E-state index is 0.0878. The SMILES string of the molecule is CCCCC(F)C(F)(F)C(F)(F)C(F)(F)C(F)(F)C(F)(F)S(=O)(=O)O.CNC. The fourth-order valence-corrected chi connectivity index (χ4v) is 1.96. The van der Waals surface area contributed by atoms with Crippen molar-refractivity contribution in [3.05, 3.63) is 0 Å². The molecule has 0 fully saturated rings. The first kappa shape index (κ1) is 29.3. The Bertz CT molecular complexity index is 596. The molecule has 1 unspecified atom stereocenters. The van der Waals surface area contributed by atoms with Crippen molar-refractivity contribution in [1.82, 2.24) is 5.32 Å². The summed E-state index contributed by atoms with van der Waals surface area (Å²) in [6.45, 7) is 1.25. The molecule has 0 aromatic carbocycles. The molecule has 0 aromatic heterocycles. The van der Waals surface area contributed by atoms with Gasteiger partial charge in [-0.05, 0) is 20.5 Å². The van der Waals surface area contributed by atoms with E-state index >= 15 is 0 Å². The van der Waals surface area contributed by atoms with Crippen LogP contribution < -0.4 is 5.32 Å². The van der Waals surface area contributed by atoms with Crippen LogP contribution in [0.1, 0.15) is 26.2 Å². The van der Waals surface area contributed by atoms with Gasteiger partial charge in [-0.1, -0.05) is 19.8 Å². The zero-order valence-electron chi connectivity index (χ0n) is 14.5. The van der Waals surface area contributed by atoms with Crippen molar-refractivity contribution in [3.8, 4) is 0 Å². The lowest BCUT2D eigenvalue weighted by molar-refractivity contribution is -0.397. The van der Waals surface area contributed by atoms with Gasteiger partial charge in [0.1, 0.15) is 0 Å². The van der Waals surface area contributed by atoms with Crippen LogP contribution in [0, 0.1) is 0 Å². The molecule has 0 heterocycles. The van der Waals surface area contributed by atoms with E-state index in [0.717, 1.165) is 0 Å². The van der Waals surface area contributed by atoms with Crippen molar-refractivity contribution in [2.24, 2.45) is 0 Å². The number of nitrogens with one attached hydrogen (secondary N) is 1. The van der Waals surface area contributed by atoms with Crippen LogP contribution >= 0.6 is 0 Å². The van der Waals surface area contributed by atoms with E-state index in [-0.39, 0.29) is 6.42 Å². The average Bonchev–Trinajstić information content (AvgIpc) is 2.51. The third-order valence-corrected chi connectivity index (χ3v) is 4.01. The molecule has 0 spiro atoms. The summed E-state index contributed by atoms with van der Waals surface area (Å²) in [7, 11) is -3.67. The van der Waals surface area contributed by atoms with Crippen LogP contribution in [0.25, 0.3) is 0 Å². The van der Waals surface area contributed by atoms with Gasteiger partial charge in [0.05, 0.1) is 0 Å². The minimum atomic E-state index is -7.75. The quantitative estimate of drug-likeness (QED) is 0.392. The lowest BCUT2D eigenvalue weighted by atomic mass is 9.93. The fraction of sp³-hybridized carbons (Fsp3) is 1.00. The zero-order valence-corrected chi connectivity index (χ0v) is 15.3. The topological polar surface area (TPSA) is 66.4 Å². The lowest BCUT2D eigenvalue weighted by Crippen LogP contribution is -2.70. The monoisotopic (exact) mass is 465 g/mol. The van der Waals surface area contributed by atoms with E-state index in [2.05, 4.69) is 5.32 Å². The summed E-state index contributed by atoms with van der Waals surface area (Å²) in [4.78, 5) is 0. The molecule has 172 valence electrons. The smallest absolute Gasteiger partial charge is 0.323 e. The standard InChI is InChI=1S/C10H11F11O3S.C2H7N/c1-2-3-4-5(11)6(12,13)7(14,15)8(16,17)9(18,19)10(20,21)25(22,23)24;1-3-2/h5H,2-4H2,1H3,(H,22,23,24);3H,1-2H3. The third-order valence-electron chi connectivity index (χ3n) is 3.10. The van der Waals surface area contributed by atoms with Crippen molar-refractivity contribution in [2.45, 2.75) is 61.3 Å². The van der Waals surface area contributed by atoms with Crippen molar-refractivity contribution in [2.75, 3.05) is 14.1 Å². The van der Waals surface area contributed by atoms with Crippen molar-refractivity contribution in [1.29, 1.82) is 0 Å². The van der Waals surface area contributed by atoms with E-state index in [1.807, 2.05) is 14.1 Å². The first-order valence-corrected chi connectivity index (χ1v) is 8.67. The molecule has 2 N–H and O–H groups in total. The van der Waals surface area contributed by atoms with Crippen LogP contribution in [0.5, 0.6) is 0 Å². The zero-order chi connectivity index (χ0) is 23.4. The van der Waals surface area contributed by atoms with Gasteiger partial charge < -0.3 is 5.32 Å². The van der Waals surface area contributed by atoms with Gasteiger partial charge in [0.25, 0.3) is 0 Å². The second kappa shape index (κ2) is 9.28. The Morgan fingerprint density at radius 3 is 1.50 bits per heavy atom. The molecule has 16 heteroatoms. The maximum absolute atomic E-state index is 13.2. The minimum Gasteiger partial charge on any atom is -0.323 e. The molecule has 0 aliphatic carbocycles. The highest BCUT2D eigenvalue weighted by Gasteiger charge is 2.89. The Balaban J connectivity index is 0. The summed E-state index contributed by atoms with van der Waals surface area (Å²) in [6, 6.07) is 0. The first-order valence-electron chi connectivity index (χ1n) is 7.23. The number of unbranched alkanes of at least 4 members (excludes halogenated alkanes) is 1. The van der Waals surface area contributed by atoms with E-state index in [1.165, 1.54) is 6.92 Å². The number of hydrogen-bond acceptors (Lipinski definition) is 3. The maximum Gasteiger partial charge on any atom is 0.438 e. The molecule has 4 nitrogen and oxygen atoms in total. The molecule has 0 radical (unpaired) electrons. The Labute approximate surface area is 153 Å². The molecular weight excluding hydrogens is 447 g/mol. The molecule has 28 heavy (non-hydrogen) atoms. The van der Waals surface area contributed by atoms with Gasteiger partial charge in [0.15, 0.2) is 6.17 Å². The van der Waals surface area contributed by atoms with Crippen LogP contribution in [-0.2, 0) is 10.1 Å². The molecule has 0 rings (SSSR count). The van der Waals surface area contributed by atoms with E-state index < -0.39 is 58.1 Å².